The Morgan fingerprint density at radius 2 is 1.74 bits per heavy atom. The largest absolute Gasteiger partial charge is 0.350 e. The second-order valence-corrected chi connectivity index (χ2v) is 7.36. The predicted octanol–water partition coefficient (Wildman–Crippen LogP) is 4.37. The minimum absolute atomic E-state index is 0.0168. The van der Waals surface area contributed by atoms with Crippen LogP contribution in [0.2, 0.25) is 0 Å². The lowest BCUT2D eigenvalue weighted by molar-refractivity contribution is -0.137. The van der Waals surface area contributed by atoms with Crippen LogP contribution in [0, 0.1) is 25.5 Å². The molecule has 1 aliphatic rings. The van der Waals surface area contributed by atoms with Crippen molar-refractivity contribution in [3.05, 3.63) is 101 Å². The molecule has 0 saturated heterocycles. The number of pyridine rings is 1. The minimum atomic E-state index is -1.05. The molecule has 7 heteroatoms. The van der Waals surface area contributed by atoms with Crippen LogP contribution in [0.1, 0.15) is 22.3 Å². The van der Waals surface area contributed by atoms with Crippen LogP contribution in [0.5, 0.6) is 0 Å². The number of carbonyl (C=O) groups excluding carboxylic acids is 2. The summed E-state index contributed by atoms with van der Waals surface area (Å²) in [5.74, 6) is -3.07. The summed E-state index contributed by atoms with van der Waals surface area (Å²) in [5.41, 5.74) is 3.63. The average Bonchev–Trinajstić information content (AvgIpc) is 2.98. The molecule has 1 aromatic heterocycles. The SMILES string of the molecule is Cc1ccc(C2=C(Nc3ccc(F)c(F)c3)C(=O)N(Cc3cccnc3)C2=O)cc1C. The standard InChI is InChI=1S/C24H19F2N3O2/c1-14-5-6-17(10-15(14)2)21-22(28-18-7-8-19(25)20(26)11-18)24(31)29(23(21)30)13-16-4-3-9-27-12-16/h3-12,28H,13H2,1-2H3. The van der Waals surface area contributed by atoms with Gasteiger partial charge in [-0.15, -0.1) is 0 Å². The number of carbonyl (C=O) groups is 2. The van der Waals surface area contributed by atoms with Gasteiger partial charge in [-0.25, -0.2) is 8.78 Å². The van der Waals surface area contributed by atoms with E-state index < -0.39 is 23.4 Å². The highest BCUT2D eigenvalue weighted by molar-refractivity contribution is 6.36. The van der Waals surface area contributed by atoms with Crippen LogP contribution in [0.15, 0.2) is 66.6 Å². The lowest BCUT2D eigenvalue weighted by atomic mass is 9.99. The monoisotopic (exact) mass is 419 g/mol. The fourth-order valence-corrected chi connectivity index (χ4v) is 3.39. The van der Waals surface area contributed by atoms with Crippen molar-refractivity contribution in [3.8, 4) is 0 Å². The number of hydrogen-bond acceptors (Lipinski definition) is 4. The summed E-state index contributed by atoms with van der Waals surface area (Å²) in [6.07, 6.45) is 3.18. The van der Waals surface area contributed by atoms with E-state index in [-0.39, 0.29) is 23.5 Å². The third-order valence-corrected chi connectivity index (χ3v) is 5.22. The van der Waals surface area contributed by atoms with Crippen LogP contribution >= 0.6 is 0 Å². The molecule has 2 amide bonds. The Hall–Kier alpha value is -3.87. The number of amides is 2. The highest BCUT2D eigenvalue weighted by Gasteiger charge is 2.39. The molecule has 0 bridgehead atoms. The van der Waals surface area contributed by atoms with E-state index in [9.17, 15) is 18.4 Å². The molecule has 1 N–H and O–H groups in total. The van der Waals surface area contributed by atoms with Crippen molar-refractivity contribution in [1.82, 2.24) is 9.88 Å². The van der Waals surface area contributed by atoms with Crippen molar-refractivity contribution < 1.29 is 18.4 Å². The van der Waals surface area contributed by atoms with Crippen molar-refractivity contribution >= 4 is 23.1 Å². The molecular formula is C24H19F2N3O2. The Morgan fingerprint density at radius 1 is 0.935 bits per heavy atom. The summed E-state index contributed by atoms with van der Waals surface area (Å²) >= 11 is 0. The summed E-state index contributed by atoms with van der Waals surface area (Å²) in [5, 5.41) is 2.83. The Kier molecular flexibility index (Phi) is 5.33. The van der Waals surface area contributed by atoms with E-state index in [4.69, 9.17) is 0 Å². The summed E-state index contributed by atoms with van der Waals surface area (Å²) in [6, 6.07) is 12.2. The van der Waals surface area contributed by atoms with Gasteiger partial charge in [0.25, 0.3) is 11.8 Å². The van der Waals surface area contributed by atoms with E-state index >= 15 is 0 Å². The van der Waals surface area contributed by atoms with Gasteiger partial charge in [0, 0.05) is 24.1 Å². The van der Waals surface area contributed by atoms with Gasteiger partial charge in [0.15, 0.2) is 11.6 Å². The summed E-state index contributed by atoms with van der Waals surface area (Å²) in [4.78, 5) is 31.6. The van der Waals surface area contributed by atoms with Crippen molar-refractivity contribution in [1.29, 1.82) is 0 Å². The second kappa shape index (κ2) is 8.10. The number of benzene rings is 2. The Balaban J connectivity index is 1.78. The first-order valence-electron chi connectivity index (χ1n) is 9.64. The van der Waals surface area contributed by atoms with Gasteiger partial charge in [0.05, 0.1) is 12.1 Å². The zero-order chi connectivity index (χ0) is 22.1. The van der Waals surface area contributed by atoms with E-state index in [0.29, 0.717) is 11.1 Å². The molecule has 4 rings (SSSR count). The number of nitrogens with one attached hydrogen (secondary N) is 1. The maximum atomic E-state index is 13.7. The number of aromatic nitrogens is 1. The third-order valence-electron chi connectivity index (χ3n) is 5.22. The zero-order valence-corrected chi connectivity index (χ0v) is 16.9. The first-order chi connectivity index (χ1) is 14.8. The van der Waals surface area contributed by atoms with Crippen LogP contribution in [0.3, 0.4) is 0 Å². The number of aryl methyl sites for hydroxylation is 2. The summed E-state index contributed by atoms with van der Waals surface area (Å²) in [7, 11) is 0. The van der Waals surface area contributed by atoms with Crippen molar-refractivity contribution in [2.24, 2.45) is 0 Å². The van der Waals surface area contributed by atoms with E-state index in [1.165, 1.54) is 6.07 Å². The highest BCUT2D eigenvalue weighted by Crippen LogP contribution is 2.32. The lowest BCUT2D eigenvalue weighted by Crippen LogP contribution is -2.32. The summed E-state index contributed by atoms with van der Waals surface area (Å²) in [6.45, 7) is 3.91. The molecule has 3 aromatic rings. The molecule has 2 aromatic carbocycles. The van der Waals surface area contributed by atoms with Gasteiger partial charge < -0.3 is 5.32 Å². The fraction of sp³-hybridized carbons (Fsp3) is 0.125. The molecule has 0 unspecified atom stereocenters. The van der Waals surface area contributed by atoms with Gasteiger partial charge in [-0.3, -0.25) is 19.5 Å². The normalized spacial score (nSPS) is 13.9. The van der Waals surface area contributed by atoms with Crippen molar-refractivity contribution in [2.75, 3.05) is 5.32 Å². The van der Waals surface area contributed by atoms with E-state index in [2.05, 4.69) is 10.3 Å². The molecule has 0 fully saturated rings. The predicted molar refractivity (Wildman–Crippen MR) is 113 cm³/mol. The molecule has 5 nitrogen and oxygen atoms in total. The number of imide groups is 1. The summed E-state index contributed by atoms with van der Waals surface area (Å²) < 4.78 is 27.0. The number of rotatable bonds is 5. The van der Waals surface area contributed by atoms with E-state index in [0.717, 1.165) is 28.2 Å². The smallest absolute Gasteiger partial charge is 0.278 e. The Bertz CT molecular complexity index is 1220. The van der Waals surface area contributed by atoms with Crippen molar-refractivity contribution in [2.45, 2.75) is 20.4 Å². The van der Waals surface area contributed by atoms with Gasteiger partial charge in [-0.1, -0.05) is 24.3 Å². The van der Waals surface area contributed by atoms with E-state index in [1.807, 2.05) is 26.0 Å². The fourth-order valence-electron chi connectivity index (χ4n) is 3.39. The molecule has 0 atom stereocenters. The lowest BCUT2D eigenvalue weighted by Gasteiger charge is -2.15. The zero-order valence-electron chi connectivity index (χ0n) is 16.9. The van der Waals surface area contributed by atoms with Crippen LogP contribution in [0.25, 0.3) is 5.57 Å². The first kappa shape index (κ1) is 20.4. The first-order valence-corrected chi connectivity index (χ1v) is 9.64. The molecule has 0 aliphatic carbocycles. The van der Waals surface area contributed by atoms with Crippen molar-refractivity contribution in [3.63, 3.8) is 0 Å². The second-order valence-electron chi connectivity index (χ2n) is 7.36. The third kappa shape index (κ3) is 3.94. The molecule has 1 aliphatic heterocycles. The number of anilines is 1. The van der Waals surface area contributed by atoms with Gasteiger partial charge in [0.1, 0.15) is 5.70 Å². The van der Waals surface area contributed by atoms with Crippen LogP contribution in [0.4, 0.5) is 14.5 Å². The molecule has 0 saturated carbocycles. The van der Waals surface area contributed by atoms with Crippen LogP contribution < -0.4 is 5.32 Å². The molecule has 2 heterocycles. The Labute approximate surface area is 178 Å². The maximum Gasteiger partial charge on any atom is 0.278 e. The quantitative estimate of drug-likeness (QED) is 0.624. The van der Waals surface area contributed by atoms with Crippen LogP contribution in [-0.2, 0) is 16.1 Å². The highest BCUT2D eigenvalue weighted by atomic mass is 19.2. The molecule has 0 radical (unpaired) electrons. The number of nitrogens with zero attached hydrogens (tertiary/aromatic N) is 2. The number of halogens is 2. The average molecular weight is 419 g/mol. The minimum Gasteiger partial charge on any atom is -0.350 e. The van der Waals surface area contributed by atoms with Gasteiger partial charge in [-0.05, 0) is 54.3 Å². The molecule has 0 spiro atoms. The molecule has 156 valence electrons. The Morgan fingerprint density at radius 3 is 2.42 bits per heavy atom. The van der Waals surface area contributed by atoms with Gasteiger partial charge in [-0.2, -0.15) is 0 Å². The number of hydrogen-bond donors (Lipinski definition) is 1. The topological polar surface area (TPSA) is 62.3 Å². The maximum absolute atomic E-state index is 13.7. The molecular weight excluding hydrogens is 400 g/mol. The van der Waals surface area contributed by atoms with Crippen LogP contribution in [-0.4, -0.2) is 21.7 Å². The molecule has 31 heavy (non-hydrogen) atoms. The van der Waals surface area contributed by atoms with Gasteiger partial charge in [0.2, 0.25) is 0 Å². The van der Waals surface area contributed by atoms with E-state index in [1.54, 1.807) is 30.6 Å². The van der Waals surface area contributed by atoms with Gasteiger partial charge >= 0.3 is 0 Å².